The van der Waals surface area contributed by atoms with Crippen LogP contribution in [-0.4, -0.2) is 42.2 Å². The molecule has 164 valence electrons. The standard InChI is InChI=1S/C14H12F12O2/c1-6(11(17,18)19)9(27)28-8-4-2-7(3-5-8)10(15,16)12(20,21)13(22,23)14(24,25)26/h7-8H,1-5H2. The molecule has 0 spiro atoms. The van der Waals surface area contributed by atoms with Crippen molar-refractivity contribution in [1.82, 2.24) is 0 Å². The molecule has 1 aliphatic rings. The molecule has 0 aromatic carbocycles. The van der Waals surface area contributed by atoms with Crippen LogP contribution >= 0.6 is 0 Å². The van der Waals surface area contributed by atoms with Gasteiger partial charge < -0.3 is 4.74 Å². The number of hydrogen-bond donors (Lipinski definition) is 0. The number of rotatable bonds is 5. The molecule has 0 saturated heterocycles. The zero-order chi connectivity index (χ0) is 22.3. The van der Waals surface area contributed by atoms with Gasteiger partial charge in [-0.3, -0.25) is 0 Å². The van der Waals surface area contributed by atoms with Crippen LogP contribution in [0.25, 0.3) is 0 Å². The summed E-state index contributed by atoms with van der Waals surface area (Å²) in [4.78, 5) is 11.2. The number of esters is 1. The van der Waals surface area contributed by atoms with E-state index in [9.17, 15) is 57.5 Å². The third kappa shape index (κ3) is 4.34. The summed E-state index contributed by atoms with van der Waals surface area (Å²) in [5.74, 6) is -24.2. The van der Waals surface area contributed by atoms with Gasteiger partial charge in [-0.05, 0) is 25.7 Å². The van der Waals surface area contributed by atoms with Crippen molar-refractivity contribution < 1.29 is 62.2 Å². The molecule has 0 radical (unpaired) electrons. The number of ether oxygens (including phenoxy) is 1. The quantitative estimate of drug-likeness (QED) is 0.313. The van der Waals surface area contributed by atoms with Crippen LogP contribution in [0, 0.1) is 5.92 Å². The zero-order valence-electron chi connectivity index (χ0n) is 13.5. The van der Waals surface area contributed by atoms with E-state index in [2.05, 4.69) is 11.3 Å². The van der Waals surface area contributed by atoms with Gasteiger partial charge in [-0.25, -0.2) is 4.79 Å². The molecule has 1 aliphatic carbocycles. The Kier molecular flexibility index (Phi) is 6.38. The average molecular weight is 440 g/mol. The van der Waals surface area contributed by atoms with Crippen LogP contribution in [0.4, 0.5) is 52.7 Å². The fourth-order valence-corrected chi connectivity index (χ4v) is 2.53. The van der Waals surface area contributed by atoms with Crippen molar-refractivity contribution in [3.8, 4) is 0 Å². The second-order valence-electron chi connectivity index (χ2n) is 6.12. The highest BCUT2D eigenvalue weighted by atomic mass is 19.4. The van der Waals surface area contributed by atoms with E-state index >= 15 is 0 Å². The minimum absolute atomic E-state index is 0.745. The van der Waals surface area contributed by atoms with Gasteiger partial charge in [0.1, 0.15) is 11.7 Å². The van der Waals surface area contributed by atoms with Crippen molar-refractivity contribution in [2.24, 2.45) is 5.92 Å². The molecule has 0 aliphatic heterocycles. The molecular formula is C14H12F12O2. The van der Waals surface area contributed by atoms with Crippen molar-refractivity contribution >= 4 is 5.97 Å². The molecule has 0 aromatic heterocycles. The first-order chi connectivity index (χ1) is 12.3. The Bertz CT molecular complexity index is 596. The van der Waals surface area contributed by atoms with Gasteiger partial charge in [-0.2, -0.15) is 52.7 Å². The van der Waals surface area contributed by atoms with Gasteiger partial charge >= 0.3 is 36.1 Å². The molecule has 0 heterocycles. The third-order valence-corrected chi connectivity index (χ3v) is 4.22. The summed E-state index contributed by atoms with van der Waals surface area (Å²) in [6.45, 7) is 2.42. The SMILES string of the molecule is C=C(C(=O)OC1CCC(C(F)(F)C(F)(F)C(F)(F)C(F)(F)F)CC1)C(F)(F)F. The summed E-state index contributed by atoms with van der Waals surface area (Å²) in [6.07, 6.45) is -17.2. The van der Waals surface area contributed by atoms with Gasteiger partial charge in [-0.15, -0.1) is 0 Å². The third-order valence-electron chi connectivity index (χ3n) is 4.22. The van der Waals surface area contributed by atoms with Crippen LogP contribution in [0.5, 0.6) is 0 Å². The monoisotopic (exact) mass is 440 g/mol. The first-order valence-corrected chi connectivity index (χ1v) is 7.44. The number of halogens is 12. The lowest BCUT2D eigenvalue weighted by Crippen LogP contribution is -2.63. The molecule has 0 atom stereocenters. The van der Waals surface area contributed by atoms with Gasteiger partial charge in [0.05, 0.1) is 0 Å². The summed E-state index contributed by atoms with van der Waals surface area (Å²) >= 11 is 0. The molecule has 1 rings (SSSR count). The normalized spacial score (nSPS) is 22.7. The van der Waals surface area contributed by atoms with Gasteiger partial charge in [-0.1, -0.05) is 6.58 Å². The van der Waals surface area contributed by atoms with Crippen LogP contribution in [0.15, 0.2) is 12.2 Å². The maximum atomic E-state index is 13.8. The minimum atomic E-state index is -7.02. The number of carbonyl (C=O) groups is 1. The molecule has 2 nitrogen and oxygen atoms in total. The lowest BCUT2D eigenvalue weighted by Gasteiger charge is -2.40. The van der Waals surface area contributed by atoms with E-state index in [1.807, 2.05) is 0 Å². The number of alkyl halides is 12. The summed E-state index contributed by atoms with van der Waals surface area (Å²) < 4.78 is 157. The summed E-state index contributed by atoms with van der Waals surface area (Å²) in [6, 6.07) is 0. The fraction of sp³-hybridized carbons (Fsp3) is 0.786. The molecule has 28 heavy (non-hydrogen) atoms. The highest BCUT2D eigenvalue weighted by Gasteiger charge is 2.82. The second-order valence-corrected chi connectivity index (χ2v) is 6.12. The Labute approximate surface area is 149 Å². The van der Waals surface area contributed by atoms with Crippen molar-refractivity contribution in [3.63, 3.8) is 0 Å². The largest absolute Gasteiger partial charge is 0.460 e. The molecule has 14 heteroatoms. The summed E-state index contributed by atoms with van der Waals surface area (Å²) in [5, 5.41) is 0. The van der Waals surface area contributed by atoms with Crippen LogP contribution in [0.1, 0.15) is 25.7 Å². The topological polar surface area (TPSA) is 26.3 Å². The first kappa shape index (κ1) is 24.4. The maximum absolute atomic E-state index is 13.8. The Balaban J connectivity index is 2.84. The van der Waals surface area contributed by atoms with Crippen LogP contribution in [0.3, 0.4) is 0 Å². The first-order valence-electron chi connectivity index (χ1n) is 7.44. The molecule has 0 bridgehead atoms. The lowest BCUT2D eigenvalue weighted by atomic mass is 9.79. The number of hydrogen-bond acceptors (Lipinski definition) is 2. The smallest absolute Gasteiger partial charge is 0.459 e. The Hall–Kier alpha value is -1.63. The van der Waals surface area contributed by atoms with Crippen LogP contribution in [-0.2, 0) is 9.53 Å². The van der Waals surface area contributed by atoms with Gasteiger partial charge in [0.2, 0.25) is 0 Å². The zero-order valence-corrected chi connectivity index (χ0v) is 13.5. The highest BCUT2D eigenvalue weighted by molar-refractivity contribution is 5.89. The van der Waals surface area contributed by atoms with E-state index in [0.717, 1.165) is 0 Å². The van der Waals surface area contributed by atoms with E-state index in [-0.39, 0.29) is 0 Å². The number of carbonyl (C=O) groups excluding carboxylic acids is 1. The molecule has 0 unspecified atom stereocenters. The van der Waals surface area contributed by atoms with Crippen LogP contribution < -0.4 is 0 Å². The van der Waals surface area contributed by atoms with Crippen molar-refractivity contribution in [1.29, 1.82) is 0 Å². The van der Waals surface area contributed by atoms with Gasteiger partial charge in [0, 0.05) is 5.92 Å². The van der Waals surface area contributed by atoms with E-state index < -0.39 is 79.4 Å². The summed E-state index contributed by atoms with van der Waals surface area (Å²) in [5.41, 5.74) is -1.92. The molecular weight excluding hydrogens is 428 g/mol. The Morgan fingerprint density at radius 3 is 1.54 bits per heavy atom. The molecule has 0 aromatic rings. The van der Waals surface area contributed by atoms with E-state index in [1.54, 1.807) is 0 Å². The summed E-state index contributed by atoms with van der Waals surface area (Å²) in [7, 11) is 0. The highest BCUT2D eigenvalue weighted by Crippen LogP contribution is 2.57. The second kappa shape index (κ2) is 7.32. The molecule has 1 saturated carbocycles. The minimum Gasteiger partial charge on any atom is -0.459 e. The molecule has 0 N–H and O–H groups in total. The predicted octanol–water partition coefficient (Wildman–Crippen LogP) is 5.68. The average Bonchev–Trinajstić information content (AvgIpc) is 2.52. The van der Waals surface area contributed by atoms with E-state index in [0.29, 0.717) is 0 Å². The molecule has 0 amide bonds. The van der Waals surface area contributed by atoms with E-state index in [1.165, 1.54) is 0 Å². The lowest BCUT2D eigenvalue weighted by molar-refractivity contribution is -0.404. The van der Waals surface area contributed by atoms with Crippen molar-refractivity contribution in [2.75, 3.05) is 0 Å². The van der Waals surface area contributed by atoms with Crippen LogP contribution in [0.2, 0.25) is 0 Å². The van der Waals surface area contributed by atoms with Gasteiger partial charge in [0.25, 0.3) is 0 Å². The fourth-order valence-electron chi connectivity index (χ4n) is 2.53. The van der Waals surface area contributed by atoms with Crippen molar-refractivity contribution in [3.05, 3.63) is 12.2 Å². The maximum Gasteiger partial charge on any atom is 0.460 e. The van der Waals surface area contributed by atoms with Crippen molar-refractivity contribution in [2.45, 2.75) is 61.9 Å². The van der Waals surface area contributed by atoms with Gasteiger partial charge in [0.15, 0.2) is 0 Å². The predicted molar refractivity (Wildman–Crippen MR) is 67.9 cm³/mol. The molecule has 1 fully saturated rings. The van der Waals surface area contributed by atoms with E-state index in [4.69, 9.17) is 0 Å². The Morgan fingerprint density at radius 2 is 1.18 bits per heavy atom. The Morgan fingerprint density at radius 1 is 0.750 bits per heavy atom.